The Morgan fingerprint density at radius 2 is 1.75 bits per heavy atom. The molecule has 1 heterocycles. The second-order valence-electron chi connectivity index (χ2n) is 4.71. The Morgan fingerprint density at radius 1 is 0.950 bits per heavy atom. The van der Waals surface area contributed by atoms with Crippen molar-refractivity contribution in [2.45, 2.75) is 13.3 Å². The number of rotatable bonds is 3. The SMILES string of the molecule is CCc1ccc(N=Cc2ccc3ccccc3n2)cc1. The lowest BCUT2D eigenvalue weighted by molar-refractivity contribution is 1.14. The predicted molar refractivity (Wildman–Crippen MR) is 84.8 cm³/mol. The Hall–Kier alpha value is -2.48. The number of aliphatic imine (C=N–C) groups is 1. The zero-order valence-electron chi connectivity index (χ0n) is 11.5. The van der Waals surface area contributed by atoms with Crippen LogP contribution in [-0.2, 0) is 6.42 Å². The summed E-state index contributed by atoms with van der Waals surface area (Å²) in [5.41, 5.74) is 4.16. The van der Waals surface area contributed by atoms with Crippen molar-refractivity contribution in [1.82, 2.24) is 4.98 Å². The van der Waals surface area contributed by atoms with Gasteiger partial charge in [0.25, 0.3) is 0 Å². The fourth-order valence-corrected chi connectivity index (χ4v) is 2.11. The molecule has 0 aliphatic carbocycles. The van der Waals surface area contributed by atoms with Crippen LogP contribution in [0.2, 0.25) is 0 Å². The van der Waals surface area contributed by atoms with E-state index in [-0.39, 0.29) is 0 Å². The van der Waals surface area contributed by atoms with E-state index in [1.165, 1.54) is 5.56 Å². The summed E-state index contributed by atoms with van der Waals surface area (Å²) in [6.45, 7) is 2.15. The average Bonchev–Trinajstić information content (AvgIpc) is 2.53. The molecular weight excluding hydrogens is 244 g/mol. The van der Waals surface area contributed by atoms with Gasteiger partial charge in [0.15, 0.2) is 0 Å². The summed E-state index contributed by atoms with van der Waals surface area (Å²) >= 11 is 0. The molecule has 1 aromatic heterocycles. The Bertz CT molecular complexity index is 743. The van der Waals surface area contributed by atoms with Crippen molar-refractivity contribution in [2.24, 2.45) is 4.99 Å². The quantitative estimate of drug-likeness (QED) is 0.634. The van der Waals surface area contributed by atoms with Crippen molar-refractivity contribution in [1.29, 1.82) is 0 Å². The number of hydrogen-bond donors (Lipinski definition) is 0. The van der Waals surface area contributed by atoms with Crippen LogP contribution < -0.4 is 0 Å². The van der Waals surface area contributed by atoms with E-state index in [2.05, 4.69) is 41.2 Å². The predicted octanol–water partition coefficient (Wildman–Crippen LogP) is 4.55. The first-order chi connectivity index (χ1) is 9.85. The topological polar surface area (TPSA) is 25.2 Å². The molecule has 0 spiro atoms. The molecule has 0 aliphatic heterocycles. The third-order valence-corrected chi connectivity index (χ3v) is 3.31. The van der Waals surface area contributed by atoms with E-state index in [9.17, 15) is 0 Å². The van der Waals surface area contributed by atoms with Crippen molar-refractivity contribution in [3.05, 3.63) is 71.9 Å². The van der Waals surface area contributed by atoms with Crippen LogP contribution in [0.15, 0.2) is 65.7 Å². The molecule has 2 nitrogen and oxygen atoms in total. The number of aryl methyl sites for hydroxylation is 1. The Kier molecular flexibility index (Phi) is 3.55. The highest BCUT2D eigenvalue weighted by molar-refractivity contribution is 5.86. The number of aromatic nitrogens is 1. The lowest BCUT2D eigenvalue weighted by atomic mass is 10.1. The molecule has 0 aliphatic rings. The molecule has 0 unspecified atom stereocenters. The highest BCUT2D eigenvalue weighted by atomic mass is 14.8. The summed E-state index contributed by atoms with van der Waals surface area (Å²) in [4.78, 5) is 9.05. The second-order valence-corrected chi connectivity index (χ2v) is 4.71. The van der Waals surface area contributed by atoms with Gasteiger partial charge in [-0.05, 0) is 36.2 Å². The highest BCUT2D eigenvalue weighted by Crippen LogP contribution is 2.14. The van der Waals surface area contributed by atoms with Crippen LogP contribution >= 0.6 is 0 Å². The first-order valence-corrected chi connectivity index (χ1v) is 6.84. The zero-order valence-corrected chi connectivity index (χ0v) is 11.5. The van der Waals surface area contributed by atoms with Gasteiger partial charge in [-0.15, -0.1) is 0 Å². The van der Waals surface area contributed by atoms with Gasteiger partial charge in [0.1, 0.15) is 0 Å². The number of pyridine rings is 1. The molecule has 0 radical (unpaired) electrons. The minimum atomic E-state index is 0.878. The molecule has 98 valence electrons. The summed E-state index contributed by atoms with van der Waals surface area (Å²) in [5.74, 6) is 0. The van der Waals surface area contributed by atoms with Crippen molar-refractivity contribution >= 4 is 22.8 Å². The van der Waals surface area contributed by atoms with Crippen LogP contribution in [-0.4, -0.2) is 11.2 Å². The lowest BCUT2D eigenvalue weighted by Crippen LogP contribution is -1.87. The largest absolute Gasteiger partial charge is 0.255 e. The molecule has 0 saturated carbocycles. The standard InChI is InChI=1S/C18H16N2/c1-2-14-7-10-16(11-8-14)19-13-17-12-9-15-5-3-4-6-18(15)20-17/h3-13H,2H2,1H3. The van der Waals surface area contributed by atoms with Crippen molar-refractivity contribution in [3.63, 3.8) is 0 Å². The number of hydrogen-bond acceptors (Lipinski definition) is 2. The van der Waals surface area contributed by atoms with Gasteiger partial charge in [0.05, 0.1) is 23.1 Å². The van der Waals surface area contributed by atoms with E-state index >= 15 is 0 Å². The zero-order chi connectivity index (χ0) is 13.8. The average molecular weight is 260 g/mol. The molecule has 0 atom stereocenters. The van der Waals surface area contributed by atoms with E-state index in [0.29, 0.717) is 0 Å². The molecule has 3 rings (SSSR count). The van der Waals surface area contributed by atoms with Crippen LogP contribution in [0, 0.1) is 0 Å². The van der Waals surface area contributed by atoms with Gasteiger partial charge in [-0.1, -0.05) is 43.3 Å². The number of nitrogens with zero attached hydrogens (tertiary/aromatic N) is 2. The lowest BCUT2D eigenvalue weighted by Gasteiger charge is -1.99. The Morgan fingerprint density at radius 3 is 2.55 bits per heavy atom. The molecule has 0 N–H and O–H groups in total. The van der Waals surface area contributed by atoms with Crippen LogP contribution in [0.1, 0.15) is 18.2 Å². The maximum atomic E-state index is 4.57. The first kappa shape index (κ1) is 12.5. The van der Waals surface area contributed by atoms with Gasteiger partial charge in [-0.3, -0.25) is 4.99 Å². The van der Waals surface area contributed by atoms with Crippen molar-refractivity contribution < 1.29 is 0 Å². The van der Waals surface area contributed by atoms with Crippen molar-refractivity contribution in [3.8, 4) is 0 Å². The van der Waals surface area contributed by atoms with Crippen LogP contribution in [0.25, 0.3) is 10.9 Å². The third kappa shape index (κ3) is 2.75. The van der Waals surface area contributed by atoms with Gasteiger partial charge in [0, 0.05) is 5.39 Å². The molecular formula is C18H16N2. The van der Waals surface area contributed by atoms with E-state index < -0.39 is 0 Å². The normalized spacial score (nSPS) is 11.2. The molecule has 0 saturated heterocycles. The minimum Gasteiger partial charge on any atom is -0.255 e. The number of benzene rings is 2. The van der Waals surface area contributed by atoms with Crippen LogP contribution in [0.3, 0.4) is 0 Å². The fourth-order valence-electron chi connectivity index (χ4n) is 2.11. The van der Waals surface area contributed by atoms with Gasteiger partial charge in [-0.25, -0.2) is 4.98 Å². The Balaban J connectivity index is 1.85. The van der Waals surface area contributed by atoms with Gasteiger partial charge in [0.2, 0.25) is 0 Å². The summed E-state index contributed by atoms with van der Waals surface area (Å²) in [7, 11) is 0. The minimum absolute atomic E-state index is 0.878. The van der Waals surface area contributed by atoms with Crippen LogP contribution in [0.4, 0.5) is 5.69 Å². The summed E-state index contributed by atoms with van der Waals surface area (Å²) in [5, 5.41) is 1.15. The summed E-state index contributed by atoms with van der Waals surface area (Å²) in [6.07, 6.45) is 2.86. The maximum absolute atomic E-state index is 4.57. The van der Waals surface area contributed by atoms with E-state index in [1.54, 1.807) is 0 Å². The molecule has 3 aromatic rings. The Labute approximate surface area is 118 Å². The maximum Gasteiger partial charge on any atom is 0.0820 e. The summed E-state index contributed by atoms with van der Waals surface area (Å²) in [6, 6.07) is 20.5. The smallest absolute Gasteiger partial charge is 0.0820 e. The highest BCUT2D eigenvalue weighted by Gasteiger charge is 1.95. The van der Waals surface area contributed by atoms with E-state index in [1.807, 2.05) is 42.6 Å². The van der Waals surface area contributed by atoms with Gasteiger partial charge < -0.3 is 0 Å². The molecule has 0 bridgehead atoms. The summed E-state index contributed by atoms with van der Waals surface area (Å²) < 4.78 is 0. The van der Waals surface area contributed by atoms with Crippen molar-refractivity contribution in [2.75, 3.05) is 0 Å². The van der Waals surface area contributed by atoms with E-state index in [4.69, 9.17) is 0 Å². The molecule has 20 heavy (non-hydrogen) atoms. The number of fused-ring (bicyclic) bond motifs is 1. The van der Waals surface area contributed by atoms with E-state index in [0.717, 1.165) is 28.7 Å². The monoisotopic (exact) mass is 260 g/mol. The molecule has 0 amide bonds. The van der Waals surface area contributed by atoms with Gasteiger partial charge >= 0.3 is 0 Å². The first-order valence-electron chi connectivity index (χ1n) is 6.84. The number of para-hydroxylation sites is 1. The van der Waals surface area contributed by atoms with Crippen LogP contribution in [0.5, 0.6) is 0 Å². The van der Waals surface area contributed by atoms with Gasteiger partial charge in [-0.2, -0.15) is 0 Å². The molecule has 2 aromatic carbocycles. The third-order valence-electron chi connectivity index (χ3n) is 3.31. The molecule has 0 fully saturated rings. The fraction of sp³-hybridized carbons (Fsp3) is 0.111. The second kappa shape index (κ2) is 5.66. The molecule has 2 heteroatoms.